The molecule has 2 rings (SSSR count). The van der Waals surface area contributed by atoms with Gasteiger partial charge in [0, 0.05) is 16.2 Å². The quantitative estimate of drug-likeness (QED) is 0.295. The van der Waals surface area contributed by atoms with Gasteiger partial charge in [-0.3, -0.25) is 0 Å². The van der Waals surface area contributed by atoms with Crippen LogP contribution in [0, 0.1) is 6.92 Å². The Morgan fingerprint density at radius 2 is 2.00 bits per heavy atom. The lowest BCUT2D eigenvalue weighted by atomic mass is 10.1. The van der Waals surface area contributed by atoms with E-state index in [4.69, 9.17) is 10.9 Å². The van der Waals surface area contributed by atoms with Crippen molar-refractivity contribution in [1.82, 2.24) is 0 Å². The zero-order chi connectivity index (χ0) is 13.7. The largest absolute Gasteiger partial charge is 0.409 e. The third kappa shape index (κ3) is 3.51. The van der Waals surface area contributed by atoms with Crippen LogP contribution in [-0.2, 0) is 5.75 Å². The number of thioether (sulfide) groups is 1. The minimum absolute atomic E-state index is 0.141. The molecule has 0 heterocycles. The average molecular weight is 272 g/mol. The molecule has 0 unspecified atom stereocenters. The minimum atomic E-state index is 0.141. The molecule has 2 aromatic carbocycles. The normalized spacial score (nSPS) is 11.5. The SMILES string of the molecule is Cc1ccccc1SCc1cccc(/C(N)=N/O)c1. The molecule has 4 heteroatoms. The van der Waals surface area contributed by atoms with Crippen molar-refractivity contribution in [3.63, 3.8) is 0 Å². The molecule has 0 aliphatic rings. The molecule has 0 spiro atoms. The van der Waals surface area contributed by atoms with E-state index in [0.717, 1.165) is 16.9 Å². The van der Waals surface area contributed by atoms with Crippen molar-refractivity contribution >= 4 is 17.6 Å². The van der Waals surface area contributed by atoms with Crippen molar-refractivity contribution in [3.05, 3.63) is 65.2 Å². The van der Waals surface area contributed by atoms with Crippen LogP contribution in [0.15, 0.2) is 58.6 Å². The van der Waals surface area contributed by atoms with Gasteiger partial charge in [0.15, 0.2) is 5.84 Å². The van der Waals surface area contributed by atoms with Crippen LogP contribution in [0.3, 0.4) is 0 Å². The Bertz CT molecular complexity index is 596. The fourth-order valence-electron chi connectivity index (χ4n) is 1.76. The van der Waals surface area contributed by atoms with Crippen LogP contribution >= 0.6 is 11.8 Å². The third-order valence-electron chi connectivity index (χ3n) is 2.82. The maximum absolute atomic E-state index is 8.68. The maximum Gasteiger partial charge on any atom is 0.170 e. The first-order valence-corrected chi connectivity index (χ1v) is 6.94. The zero-order valence-corrected chi connectivity index (χ0v) is 11.5. The summed E-state index contributed by atoms with van der Waals surface area (Å²) in [5.74, 6) is 1.000. The van der Waals surface area contributed by atoms with Crippen molar-refractivity contribution in [2.45, 2.75) is 17.6 Å². The Labute approximate surface area is 117 Å². The van der Waals surface area contributed by atoms with Crippen LogP contribution in [0.5, 0.6) is 0 Å². The predicted octanol–water partition coefficient (Wildman–Crippen LogP) is 3.38. The first-order valence-electron chi connectivity index (χ1n) is 5.96. The summed E-state index contributed by atoms with van der Waals surface area (Å²) in [7, 11) is 0. The van der Waals surface area contributed by atoms with E-state index in [1.54, 1.807) is 11.8 Å². The molecular weight excluding hydrogens is 256 g/mol. The van der Waals surface area contributed by atoms with Gasteiger partial charge in [0.1, 0.15) is 0 Å². The van der Waals surface area contributed by atoms with Crippen LogP contribution in [0.1, 0.15) is 16.7 Å². The number of benzene rings is 2. The summed E-state index contributed by atoms with van der Waals surface area (Å²) in [5, 5.41) is 11.7. The second-order valence-electron chi connectivity index (χ2n) is 4.24. The Hall–Kier alpha value is -1.94. The fourth-order valence-corrected chi connectivity index (χ4v) is 2.73. The molecule has 2 aromatic rings. The fraction of sp³-hybridized carbons (Fsp3) is 0.133. The molecule has 0 aromatic heterocycles. The highest BCUT2D eigenvalue weighted by Crippen LogP contribution is 2.25. The van der Waals surface area contributed by atoms with Gasteiger partial charge in [-0.2, -0.15) is 0 Å². The molecule has 19 heavy (non-hydrogen) atoms. The van der Waals surface area contributed by atoms with Gasteiger partial charge in [-0.15, -0.1) is 11.8 Å². The second-order valence-corrected chi connectivity index (χ2v) is 5.26. The number of nitrogens with zero attached hydrogens (tertiary/aromatic N) is 1. The molecule has 0 saturated carbocycles. The summed E-state index contributed by atoms with van der Waals surface area (Å²) >= 11 is 1.78. The van der Waals surface area contributed by atoms with E-state index in [-0.39, 0.29) is 5.84 Å². The summed E-state index contributed by atoms with van der Waals surface area (Å²) in [4.78, 5) is 1.27. The van der Waals surface area contributed by atoms with Gasteiger partial charge in [-0.25, -0.2) is 0 Å². The molecule has 0 saturated heterocycles. The lowest BCUT2D eigenvalue weighted by Crippen LogP contribution is -2.13. The molecule has 98 valence electrons. The highest BCUT2D eigenvalue weighted by Gasteiger charge is 2.02. The summed E-state index contributed by atoms with van der Waals surface area (Å²) in [5.41, 5.74) is 8.76. The average Bonchev–Trinajstić information content (AvgIpc) is 2.46. The molecule has 0 bridgehead atoms. The predicted molar refractivity (Wildman–Crippen MR) is 79.7 cm³/mol. The van der Waals surface area contributed by atoms with Crippen molar-refractivity contribution in [2.75, 3.05) is 0 Å². The van der Waals surface area contributed by atoms with E-state index >= 15 is 0 Å². The molecule has 0 fully saturated rings. The van der Waals surface area contributed by atoms with Gasteiger partial charge >= 0.3 is 0 Å². The Morgan fingerprint density at radius 1 is 1.21 bits per heavy atom. The first-order chi connectivity index (χ1) is 9.20. The van der Waals surface area contributed by atoms with Gasteiger partial charge in [0.2, 0.25) is 0 Å². The Balaban J connectivity index is 2.10. The number of rotatable bonds is 4. The van der Waals surface area contributed by atoms with Crippen LogP contribution < -0.4 is 5.73 Å². The lowest BCUT2D eigenvalue weighted by molar-refractivity contribution is 0.318. The third-order valence-corrected chi connectivity index (χ3v) is 4.07. The van der Waals surface area contributed by atoms with Crippen LogP contribution in [0.25, 0.3) is 0 Å². The topological polar surface area (TPSA) is 58.6 Å². The molecule has 0 atom stereocenters. The minimum Gasteiger partial charge on any atom is -0.409 e. The van der Waals surface area contributed by atoms with E-state index in [1.165, 1.54) is 10.5 Å². The number of amidine groups is 1. The van der Waals surface area contributed by atoms with Crippen molar-refractivity contribution in [3.8, 4) is 0 Å². The lowest BCUT2D eigenvalue weighted by Gasteiger charge is -2.06. The van der Waals surface area contributed by atoms with Gasteiger partial charge in [0.05, 0.1) is 0 Å². The molecule has 0 aliphatic heterocycles. The van der Waals surface area contributed by atoms with Crippen LogP contribution in [0.2, 0.25) is 0 Å². The van der Waals surface area contributed by atoms with E-state index in [2.05, 4.69) is 24.2 Å². The summed E-state index contributed by atoms with van der Waals surface area (Å²) in [6.45, 7) is 2.11. The number of hydrogen-bond donors (Lipinski definition) is 2. The monoisotopic (exact) mass is 272 g/mol. The standard InChI is InChI=1S/C15H16N2OS/c1-11-5-2-3-8-14(11)19-10-12-6-4-7-13(9-12)15(16)17-18/h2-9,18H,10H2,1H3,(H2,16,17). The highest BCUT2D eigenvalue weighted by atomic mass is 32.2. The summed E-state index contributed by atoms with van der Waals surface area (Å²) in [6, 6.07) is 16.0. The van der Waals surface area contributed by atoms with E-state index in [0.29, 0.717) is 0 Å². The first kappa shape index (κ1) is 13.5. The summed E-state index contributed by atoms with van der Waals surface area (Å²) in [6.07, 6.45) is 0. The highest BCUT2D eigenvalue weighted by molar-refractivity contribution is 7.98. The second kappa shape index (κ2) is 6.29. The molecule has 0 amide bonds. The molecule has 0 aliphatic carbocycles. The van der Waals surface area contributed by atoms with Crippen molar-refractivity contribution < 1.29 is 5.21 Å². The summed E-state index contributed by atoms with van der Waals surface area (Å²) < 4.78 is 0. The maximum atomic E-state index is 8.68. The van der Waals surface area contributed by atoms with Gasteiger partial charge < -0.3 is 10.9 Å². The smallest absolute Gasteiger partial charge is 0.170 e. The van der Waals surface area contributed by atoms with Gasteiger partial charge in [-0.05, 0) is 30.2 Å². The van der Waals surface area contributed by atoms with E-state index in [9.17, 15) is 0 Å². The zero-order valence-electron chi connectivity index (χ0n) is 10.7. The Kier molecular flexibility index (Phi) is 4.47. The number of nitrogens with two attached hydrogens (primary N) is 1. The molecular formula is C15H16N2OS. The molecule has 3 N–H and O–H groups in total. The van der Waals surface area contributed by atoms with Crippen molar-refractivity contribution in [1.29, 1.82) is 0 Å². The van der Waals surface area contributed by atoms with Gasteiger partial charge in [0.25, 0.3) is 0 Å². The number of aryl methyl sites for hydroxylation is 1. The van der Waals surface area contributed by atoms with Crippen molar-refractivity contribution in [2.24, 2.45) is 10.9 Å². The molecule has 3 nitrogen and oxygen atoms in total. The Morgan fingerprint density at radius 3 is 2.74 bits per heavy atom. The number of hydrogen-bond acceptors (Lipinski definition) is 3. The van der Waals surface area contributed by atoms with Crippen LogP contribution in [-0.4, -0.2) is 11.0 Å². The van der Waals surface area contributed by atoms with Gasteiger partial charge in [-0.1, -0.05) is 41.6 Å². The van der Waals surface area contributed by atoms with Crippen LogP contribution in [0.4, 0.5) is 0 Å². The van der Waals surface area contributed by atoms with E-state index < -0.39 is 0 Å². The number of oxime groups is 1. The van der Waals surface area contributed by atoms with E-state index in [1.807, 2.05) is 36.4 Å². The molecule has 0 radical (unpaired) electrons.